The Morgan fingerprint density at radius 3 is 3.09 bits per heavy atom. The molecule has 3 nitrogen and oxygen atoms in total. The second-order valence-corrected chi connectivity index (χ2v) is 6.29. The molecule has 0 aliphatic heterocycles. The summed E-state index contributed by atoms with van der Waals surface area (Å²) in [4.78, 5) is 12.1. The summed E-state index contributed by atoms with van der Waals surface area (Å²) in [7, 11) is 0. The molecule has 1 atom stereocenters. The Morgan fingerprint density at radius 1 is 1.17 bits per heavy atom. The largest absolute Gasteiger partial charge is 0.442 e. The lowest BCUT2D eigenvalue weighted by Gasteiger charge is -2.18. The molecule has 3 heteroatoms. The van der Waals surface area contributed by atoms with Gasteiger partial charge in [0.25, 0.3) is 0 Å². The second-order valence-electron chi connectivity index (χ2n) is 6.29. The van der Waals surface area contributed by atoms with Gasteiger partial charge in [0.1, 0.15) is 6.10 Å². The summed E-state index contributed by atoms with van der Waals surface area (Å²) in [6.45, 7) is 0.517. The smallest absolute Gasteiger partial charge is 0.407 e. The molecule has 1 amide bonds. The lowest BCUT2D eigenvalue weighted by atomic mass is 9.93. The first kappa shape index (κ1) is 15.9. The summed E-state index contributed by atoms with van der Waals surface area (Å²) in [5.74, 6) is 0. The highest BCUT2D eigenvalue weighted by atomic mass is 16.6. The predicted octanol–water partition coefficient (Wildman–Crippen LogP) is 4.76. The summed E-state index contributed by atoms with van der Waals surface area (Å²) >= 11 is 0. The van der Waals surface area contributed by atoms with Crippen LogP contribution in [0.4, 0.5) is 4.79 Å². The zero-order valence-corrected chi connectivity index (χ0v) is 13.6. The van der Waals surface area contributed by atoms with Crippen LogP contribution in [0.1, 0.15) is 55.2 Å². The van der Waals surface area contributed by atoms with E-state index in [1.165, 1.54) is 24.0 Å². The zero-order chi connectivity index (χ0) is 15.9. The van der Waals surface area contributed by atoms with Crippen molar-refractivity contribution in [3.8, 4) is 0 Å². The number of carbonyl (C=O) groups excluding carboxylic acids is 1. The van der Waals surface area contributed by atoms with Crippen molar-refractivity contribution in [2.24, 2.45) is 0 Å². The van der Waals surface area contributed by atoms with E-state index in [9.17, 15) is 4.79 Å². The molecule has 0 heterocycles. The minimum atomic E-state index is -0.322. The Balaban J connectivity index is 1.55. The van der Waals surface area contributed by atoms with Crippen LogP contribution >= 0.6 is 0 Å². The van der Waals surface area contributed by atoms with Crippen LogP contribution < -0.4 is 5.32 Å². The van der Waals surface area contributed by atoms with Crippen molar-refractivity contribution in [1.29, 1.82) is 0 Å². The van der Waals surface area contributed by atoms with Gasteiger partial charge < -0.3 is 10.1 Å². The van der Waals surface area contributed by atoms with Gasteiger partial charge in [-0.15, -0.1) is 0 Å². The summed E-state index contributed by atoms with van der Waals surface area (Å²) in [6, 6.07) is 6.31. The normalized spacial score (nSPS) is 20.3. The maximum absolute atomic E-state index is 12.1. The number of ether oxygens (including phenoxy) is 1. The van der Waals surface area contributed by atoms with Gasteiger partial charge in [-0.3, -0.25) is 0 Å². The molecule has 1 aromatic rings. The molecule has 1 unspecified atom stereocenters. The Hall–Kier alpha value is -2.03. The molecule has 0 saturated heterocycles. The maximum Gasteiger partial charge on any atom is 0.407 e. The van der Waals surface area contributed by atoms with Crippen molar-refractivity contribution < 1.29 is 9.53 Å². The Bertz CT molecular complexity index is 604. The molecule has 122 valence electrons. The Morgan fingerprint density at radius 2 is 2.13 bits per heavy atom. The molecule has 23 heavy (non-hydrogen) atoms. The number of fused-ring (bicyclic) bond motifs is 1. The molecule has 0 spiro atoms. The van der Waals surface area contributed by atoms with Crippen molar-refractivity contribution in [2.75, 3.05) is 0 Å². The Kier molecular flexibility index (Phi) is 5.51. The van der Waals surface area contributed by atoms with Crippen LogP contribution in [0.25, 0.3) is 6.08 Å². The number of rotatable bonds is 3. The fraction of sp³-hybridized carbons (Fsp3) is 0.450. The molecule has 3 rings (SSSR count). The van der Waals surface area contributed by atoms with Gasteiger partial charge in [-0.05, 0) is 61.3 Å². The molecular weight excluding hydrogens is 286 g/mol. The van der Waals surface area contributed by atoms with Gasteiger partial charge >= 0.3 is 6.09 Å². The molecule has 1 aromatic carbocycles. The van der Waals surface area contributed by atoms with Gasteiger partial charge in [-0.1, -0.05) is 42.8 Å². The molecular formula is C20H25NO2. The average molecular weight is 311 g/mol. The van der Waals surface area contributed by atoms with E-state index < -0.39 is 0 Å². The summed E-state index contributed by atoms with van der Waals surface area (Å²) < 4.78 is 5.54. The molecule has 1 N–H and O–H groups in total. The maximum atomic E-state index is 12.1. The van der Waals surface area contributed by atoms with Crippen LogP contribution in [0, 0.1) is 0 Å². The number of hydrogen-bond donors (Lipinski definition) is 1. The van der Waals surface area contributed by atoms with E-state index in [1.54, 1.807) is 0 Å². The van der Waals surface area contributed by atoms with Crippen LogP contribution in [-0.2, 0) is 17.7 Å². The molecule has 2 aliphatic rings. The quantitative estimate of drug-likeness (QED) is 0.817. The molecule has 2 aliphatic carbocycles. The highest BCUT2D eigenvalue weighted by Crippen LogP contribution is 2.22. The van der Waals surface area contributed by atoms with E-state index >= 15 is 0 Å². The number of amides is 1. The number of nitrogens with one attached hydrogen (secondary N) is 1. The van der Waals surface area contributed by atoms with E-state index in [2.05, 4.69) is 41.7 Å². The van der Waals surface area contributed by atoms with Crippen molar-refractivity contribution in [1.82, 2.24) is 5.32 Å². The highest BCUT2D eigenvalue weighted by molar-refractivity contribution is 5.68. The van der Waals surface area contributed by atoms with Gasteiger partial charge in [0.2, 0.25) is 0 Å². The fourth-order valence-electron chi connectivity index (χ4n) is 3.27. The van der Waals surface area contributed by atoms with Gasteiger partial charge in [0.05, 0.1) is 0 Å². The molecule has 0 bridgehead atoms. The monoisotopic (exact) mass is 311 g/mol. The summed E-state index contributed by atoms with van der Waals surface area (Å²) in [5.41, 5.74) is 3.77. The van der Waals surface area contributed by atoms with Crippen LogP contribution in [-0.4, -0.2) is 12.2 Å². The summed E-state index contributed by atoms with van der Waals surface area (Å²) in [5, 5.41) is 2.90. The molecule has 0 fully saturated rings. The topological polar surface area (TPSA) is 38.3 Å². The predicted molar refractivity (Wildman–Crippen MR) is 93.1 cm³/mol. The second kappa shape index (κ2) is 8.00. The number of allylic oxidation sites excluding steroid dienone is 2. The van der Waals surface area contributed by atoms with E-state index in [1.807, 2.05) is 6.08 Å². The van der Waals surface area contributed by atoms with Crippen molar-refractivity contribution in [3.63, 3.8) is 0 Å². The third kappa shape index (κ3) is 4.47. The zero-order valence-electron chi connectivity index (χ0n) is 13.6. The minimum Gasteiger partial charge on any atom is -0.442 e. The van der Waals surface area contributed by atoms with Gasteiger partial charge in [-0.2, -0.15) is 0 Å². The molecule has 0 aromatic heterocycles. The summed E-state index contributed by atoms with van der Waals surface area (Å²) in [6.07, 6.45) is 15.9. The van der Waals surface area contributed by atoms with Gasteiger partial charge in [-0.25, -0.2) is 4.79 Å². The van der Waals surface area contributed by atoms with Gasteiger partial charge in [0, 0.05) is 6.54 Å². The average Bonchev–Trinajstić information content (AvgIpc) is 2.55. The first-order valence-corrected chi connectivity index (χ1v) is 8.71. The highest BCUT2D eigenvalue weighted by Gasteiger charge is 2.14. The van der Waals surface area contributed by atoms with Crippen LogP contribution in [0.3, 0.4) is 0 Å². The van der Waals surface area contributed by atoms with E-state index in [0.717, 1.165) is 37.7 Å². The number of carbonyl (C=O) groups is 1. The van der Waals surface area contributed by atoms with E-state index in [0.29, 0.717) is 6.54 Å². The van der Waals surface area contributed by atoms with Crippen molar-refractivity contribution in [3.05, 3.63) is 53.1 Å². The van der Waals surface area contributed by atoms with E-state index in [-0.39, 0.29) is 12.2 Å². The SMILES string of the molecule is O=C(NCc1cccc2c1C=CCC2)OC1C=CCCCCC1. The molecule has 0 saturated carbocycles. The van der Waals surface area contributed by atoms with Crippen LogP contribution in [0.15, 0.2) is 36.4 Å². The first-order valence-electron chi connectivity index (χ1n) is 8.71. The van der Waals surface area contributed by atoms with Crippen molar-refractivity contribution >= 4 is 12.2 Å². The van der Waals surface area contributed by atoms with Crippen molar-refractivity contribution in [2.45, 2.75) is 57.6 Å². The van der Waals surface area contributed by atoms with E-state index in [4.69, 9.17) is 4.74 Å². The minimum absolute atomic E-state index is 0.0834. The number of hydrogen-bond acceptors (Lipinski definition) is 2. The number of alkyl carbamates (subject to hydrolysis) is 1. The van der Waals surface area contributed by atoms with Gasteiger partial charge in [0.15, 0.2) is 0 Å². The standard InChI is InChI=1S/C20H25NO2/c22-20(23-18-12-4-2-1-3-5-13-18)21-15-17-11-8-10-16-9-6-7-14-19(16)17/h4,7-8,10-12,14,18H,1-3,5-6,9,13,15H2,(H,21,22). The Labute approximate surface area is 138 Å². The third-order valence-corrected chi connectivity index (χ3v) is 4.54. The lowest BCUT2D eigenvalue weighted by Crippen LogP contribution is -2.28. The first-order chi connectivity index (χ1) is 11.3. The van der Waals surface area contributed by atoms with Crippen LogP contribution in [0.5, 0.6) is 0 Å². The van der Waals surface area contributed by atoms with Crippen LogP contribution in [0.2, 0.25) is 0 Å². The third-order valence-electron chi connectivity index (χ3n) is 4.54. The lowest BCUT2D eigenvalue weighted by molar-refractivity contribution is 0.113. The fourth-order valence-corrected chi connectivity index (χ4v) is 3.27. The number of aryl methyl sites for hydroxylation is 1. The molecule has 0 radical (unpaired) electrons. The number of benzene rings is 1.